The Bertz CT molecular complexity index is 583. The van der Waals surface area contributed by atoms with Crippen LogP contribution in [0.2, 0.25) is 0 Å². The zero-order valence-electron chi connectivity index (χ0n) is 11.5. The molecule has 1 fully saturated rings. The molecule has 5 nitrogen and oxygen atoms in total. The smallest absolute Gasteiger partial charge is 0.226 e. The number of morpholine rings is 1. The first-order valence-corrected chi connectivity index (χ1v) is 6.67. The van der Waals surface area contributed by atoms with E-state index in [4.69, 9.17) is 9.47 Å². The predicted molar refractivity (Wildman–Crippen MR) is 77.1 cm³/mol. The molecular weight excluding hydrogens is 254 g/mol. The normalized spacial score (nSPS) is 15.2. The van der Waals surface area contributed by atoms with Crippen LogP contribution >= 0.6 is 0 Å². The molecule has 0 atom stereocenters. The van der Waals surface area contributed by atoms with Gasteiger partial charge in [0, 0.05) is 24.8 Å². The van der Waals surface area contributed by atoms with Crippen LogP contribution in [0.3, 0.4) is 0 Å². The summed E-state index contributed by atoms with van der Waals surface area (Å²) in [7, 11) is 1.67. The summed E-state index contributed by atoms with van der Waals surface area (Å²) in [6.07, 6.45) is 1.79. The van der Waals surface area contributed by atoms with E-state index < -0.39 is 0 Å². The van der Waals surface area contributed by atoms with Crippen LogP contribution in [0.15, 0.2) is 36.5 Å². The summed E-state index contributed by atoms with van der Waals surface area (Å²) in [5, 5.41) is 0. The van der Waals surface area contributed by atoms with Gasteiger partial charge in [-0.1, -0.05) is 12.1 Å². The Balaban J connectivity index is 1.94. The minimum absolute atomic E-state index is 0.724. The van der Waals surface area contributed by atoms with Crippen LogP contribution in [0.1, 0.15) is 0 Å². The number of nitrogens with zero attached hydrogens (tertiary/aromatic N) is 3. The lowest BCUT2D eigenvalue weighted by molar-refractivity contribution is 0.122. The maximum atomic E-state index is 5.39. The largest absolute Gasteiger partial charge is 0.496 e. The highest BCUT2D eigenvalue weighted by Gasteiger charge is 2.15. The van der Waals surface area contributed by atoms with Gasteiger partial charge in [0.25, 0.3) is 0 Å². The van der Waals surface area contributed by atoms with E-state index in [2.05, 4.69) is 14.9 Å². The molecule has 0 bridgehead atoms. The lowest BCUT2D eigenvalue weighted by Gasteiger charge is -2.26. The van der Waals surface area contributed by atoms with Gasteiger partial charge in [0.1, 0.15) is 5.75 Å². The molecule has 20 heavy (non-hydrogen) atoms. The highest BCUT2D eigenvalue weighted by molar-refractivity contribution is 5.67. The Hall–Kier alpha value is -2.14. The number of anilines is 1. The summed E-state index contributed by atoms with van der Waals surface area (Å²) in [5.74, 6) is 1.57. The van der Waals surface area contributed by atoms with E-state index in [0.29, 0.717) is 0 Å². The monoisotopic (exact) mass is 271 g/mol. The molecule has 0 amide bonds. The van der Waals surface area contributed by atoms with Crippen molar-refractivity contribution in [2.75, 3.05) is 38.3 Å². The highest BCUT2D eigenvalue weighted by atomic mass is 16.5. The van der Waals surface area contributed by atoms with Crippen LogP contribution in [0, 0.1) is 0 Å². The molecule has 2 heterocycles. The second-order valence-corrected chi connectivity index (χ2v) is 4.54. The number of aromatic nitrogens is 2. The average molecular weight is 271 g/mol. The summed E-state index contributed by atoms with van der Waals surface area (Å²) in [5.41, 5.74) is 1.85. The maximum absolute atomic E-state index is 5.39. The fraction of sp³-hybridized carbons (Fsp3) is 0.333. The first-order valence-electron chi connectivity index (χ1n) is 6.67. The quantitative estimate of drug-likeness (QED) is 0.854. The van der Waals surface area contributed by atoms with Gasteiger partial charge in [0.2, 0.25) is 5.95 Å². The van der Waals surface area contributed by atoms with Gasteiger partial charge < -0.3 is 14.4 Å². The molecule has 0 unspecified atom stereocenters. The maximum Gasteiger partial charge on any atom is 0.226 e. The fourth-order valence-corrected chi connectivity index (χ4v) is 2.27. The number of para-hydroxylation sites is 1. The van der Waals surface area contributed by atoms with E-state index >= 15 is 0 Å². The lowest BCUT2D eigenvalue weighted by atomic mass is 10.1. The Labute approximate surface area is 118 Å². The standard InChI is InChI=1S/C15H17N3O2/c1-19-14-5-3-2-4-12(14)13-6-7-16-15(17-13)18-8-10-20-11-9-18/h2-7H,8-11H2,1H3. The van der Waals surface area contributed by atoms with E-state index in [1.807, 2.05) is 30.3 Å². The third kappa shape index (κ3) is 2.58. The van der Waals surface area contributed by atoms with Gasteiger partial charge in [0.15, 0.2) is 0 Å². The van der Waals surface area contributed by atoms with E-state index in [9.17, 15) is 0 Å². The minimum Gasteiger partial charge on any atom is -0.496 e. The fourth-order valence-electron chi connectivity index (χ4n) is 2.27. The van der Waals surface area contributed by atoms with Crippen molar-refractivity contribution < 1.29 is 9.47 Å². The van der Waals surface area contributed by atoms with E-state index in [1.54, 1.807) is 13.3 Å². The van der Waals surface area contributed by atoms with Crippen molar-refractivity contribution in [2.24, 2.45) is 0 Å². The Morgan fingerprint density at radius 3 is 2.75 bits per heavy atom. The molecule has 1 aliphatic heterocycles. The SMILES string of the molecule is COc1ccccc1-c1ccnc(N2CCOCC2)n1. The average Bonchev–Trinajstić information content (AvgIpc) is 2.56. The number of methoxy groups -OCH3 is 1. The van der Waals surface area contributed by atoms with Crippen molar-refractivity contribution in [1.29, 1.82) is 0 Å². The topological polar surface area (TPSA) is 47.5 Å². The molecule has 1 aliphatic rings. The van der Waals surface area contributed by atoms with Gasteiger partial charge in [-0.25, -0.2) is 9.97 Å². The Morgan fingerprint density at radius 2 is 1.95 bits per heavy atom. The summed E-state index contributed by atoms with van der Waals surface area (Å²) < 4.78 is 10.7. The van der Waals surface area contributed by atoms with Crippen LogP contribution in [0.5, 0.6) is 5.75 Å². The molecule has 0 radical (unpaired) electrons. The van der Waals surface area contributed by atoms with Crippen LogP contribution < -0.4 is 9.64 Å². The first-order chi connectivity index (χ1) is 9.88. The van der Waals surface area contributed by atoms with Crippen molar-refractivity contribution in [3.05, 3.63) is 36.5 Å². The summed E-state index contributed by atoms with van der Waals surface area (Å²) in [6.45, 7) is 3.11. The van der Waals surface area contributed by atoms with Crippen LogP contribution in [0.25, 0.3) is 11.3 Å². The van der Waals surface area contributed by atoms with Gasteiger partial charge in [-0.3, -0.25) is 0 Å². The van der Waals surface area contributed by atoms with E-state index in [1.165, 1.54) is 0 Å². The molecule has 0 aliphatic carbocycles. The van der Waals surface area contributed by atoms with Crippen LogP contribution in [-0.4, -0.2) is 43.4 Å². The number of rotatable bonds is 3. The second-order valence-electron chi connectivity index (χ2n) is 4.54. The first kappa shape index (κ1) is 12.9. The lowest BCUT2D eigenvalue weighted by Crippen LogP contribution is -2.37. The molecule has 0 saturated carbocycles. The van der Waals surface area contributed by atoms with Gasteiger partial charge >= 0.3 is 0 Å². The predicted octanol–water partition coefficient (Wildman–Crippen LogP) is 1.99. The molecule has 0 spiro atoms. The van der Waals surface area contributed by atoms with Gasteiger partial charge in [-0.2, -0.15) is 0 Å². The molecule has 1 saturated heterocycles. The van der Waals surface area contributed by atoms with Crippen molar-refractivity contribution >= 4 is 5.95 Å². The minimum atomic E-state index is 0.724. The van der Waals surface area contributed by atoms with Crippen molar-refractivity contribution in [3.8, 4) is 17.0 Å². The molecule has 3 rings (SSSR count). The van der Waals surface area contributed by atoms with Gasteiger partial charge in [-0.05, 0) is 18.2 Å². The molecule has 2 aromatic rings. The van der Waals surface area contributed by atoms with Crippen LogP contribution in [-0.2, 0) is 4.74 Å². The third-order valence-electron chi connectivity index (χ3n) is 3.32. The highest BCUT2D eigenvalue weighted by Crippen LogP contribution is 2.28. The van der Waals surface area contributed by atoms with E-state index in [-0.39, 0.29) is 0 Å². The third-order valence-corrected chi connectivity index (χ3v) is 3.32. The number of benzene rings is 1. The number of hydrogen-bond donors (Lipinski definition) is 0. The molecule has 104 valence electrons. The van der Waals surface area contributed by atoms with Gasteiger partial charge in [0.05, 0.1) is 26.0 Å². The Kier molecular flexibility index (Phi) is 3.78. The number of ether oxygens (including phenoxy) is 2. The zero-order valence-corrected chi connectivity index (χ0v) is 11.5. The molecule has 1 aromatic heterocycles. The van der Waals surface area contributed by atoms with E-state index in [0.717, 1.165) is 49.3 Å². The number of hydrogen-bond acceptors (Lipinski definition) is 5. The van der Waals surface area contributed by atoms with Crippen molar-refractivity contribution in [2.45, 2.75) is 0 Å². The molecule has 5 heteroatoms. The Morgan fingerprint density at radius 1 is 1.15 bits per heavy atom. The summed E-state index contributed by atoms with van der Waals surface area (Å²) >= 11 is 0. The summed E-state index contributed by atoms with van der Waals surface area (Å²) in [6, 6.07) is 9.78. The summed E-state index contributed by atoms with van der Waals surface area (Å²) in [4.78, 5) is 11.2. The molecular formula is C15H17N3O2. The zero-order chi connectivity index (χ0) is 13.8. The van der Waals surface area contributed by atoms with Gasteiger partial charge in [-0.15, -0.1) is 0 Å². The van der Waals surface area contributed by atoms with Crippen molar-refractivity contribution in [3.63, 3.8) is 0 Å². The van der Waals surface area contributed by atoms with Crippen LogP contribution in [0.4, 0.5) is 5.95 Å². The molecule has 1 aromatic carbocycles. The van der Waals surface area contributed by atoms with Crippen molar-refractivity contribution in [1.82, 2.24) is 9.97 Å². The second kappa shape index (κ2) is 5.88. The molecule has 0 N–H and O–H groups in total.